The monoisotopic (exact) mass is 364 g/mol. The van der Waals surface area contributed by atoms with E-state index in [9.17, 15) is 0 Å². The van der Waals surface area contributed by atoms with Crippen molar-refractivity contribution in [3.05, 3.63) is 41.8 Å². The van der Waals surface area contributed by atoms with Crippen LogP contribution in [0.3, 0.4) is 0 Å². The van der Waals surface area contributed by atoms with Gasteiger partial charge in [0.15, 0.2) is 5.82 Å². The van der Waals surface area contributed by atoms with Crippen molar-refractivity contribution in [2.45, 2.75) is 31.2 Å². The van der Waals surface area contributed by atoms with Crippen LogP contribution in [0.25, 0.3) is 21.6 Å². The average Bonchev–Trinajstić information content (AvgIpc) is 3.33. The first-order valence-corrected chi connectivity index (χ1v) is 10.4. The van der Waals surface area contributed by atoms with Crippen molar-refractivity contribution in [3.63, 3.8) is 0 Å². The summed E-state index contributed by atoms with van der Waals surface area (Å²) < 4.78 is 0. The number of aromatic nitrogens is 2. The molecule has 0 saturated carbocycles. The van der Waals surface area contributed by atoms with Gasteiger partial charge in [0.25, 0.3) is 0 Å². The van der Waals surface area contributed by atoms with Crippen LogP contribution in [0, 0.1) is 0 Å². The molecule has 134 valence electrons. The van der Waals surface area contributed by atoms with Crippen LogP contribution in [0.2, 0.25) is 0 Å². The quantitative estimate of drug-likeness (QED) is 0.674. The van der Waals surface area contributed by atoms with Gasteiger partial charge in [-0.1, -0.05) is 18.2 Å². The molecule has 0 amide bonds. The fourth-order valence-corrected chi connectivity index (χ4v) is 5.31. The molecule has 0 aliphatic carbocycles. The van der Waals surface area contributed by atoms with E-state index >= 15 is 0 Å². The van der Waals surface area contributed by atoms with Gasteiger partial charge in [-0.3, -0.25) is 0 Å². The van der Waals surface area contributed by atoms with E-state index in [1.54, 1.807) is 11.3 Å². The molecule has 2 fully saturated rings. The highest BCUT2D eigenvalue weighted by molar-refractivity contribution is 7.13. The molecule has 1 aromatic carbocycles. The van der Waals surface area contributed by atoms with Crippen LogP contribution < -0.4 is 4.90 Å². The van der Waals surface area contributed by atoms with Gasteiger partial charge in [-0.2, -0.15) is 0 Å². The zero-order valence-electron chi connectivity index (χ0n) is 15.2. The van der Waals surface area contributed by atoms with Crippen LogP contribution >= 0.6 is 11.3 Å². The third-order valence-corrected chi connectivity index (χ3v) is 7.13. The summed E-state index contributed by atoms with van der Waals surface area (Å²) in [5.74, 6) is 1.96. The molecule has 2 saturated heterocycles. The second-order valence-electron chi connectivity index (χ2n) is 7.60. The molecule has 5 rings (SSSR count). The van der Waals surface area contributed by atoms with Crippen molar-refractivity contribution in [1.82, 2.24) is 14.9 Å². The minimum atomic E-state index is 0.427. The molecule has 2 aromatic heterocycles. The molecular formula is C21H24N4S. The Morgan fingerprint density at radius 3 is 2.54 bits per heavy atom. The lowest BCUT2D eigenvalue weighted by Gasteiger charge is -2.44. The van der Waals surface area contributed by atoms with Crippen LogP contribution in [-0.2, 0) is 0 Å². The first-order chi connectivity index (χ1) is 12.8. The predicted octanol–water partition coefficient (Wildman–Crippen LogP) is 4.42. The smallest absolute Gasteiger partial charge is 0.172 e. The Kier molecular flexibility index (Phi) is 3.94. The molecule has 2 aliphatic rings. The zero-order chi connectivity index (χ0) is 17.6. The number of fused-ring (bicyclic) bond motifs is 1. The summed E-state index contributed by atoms with van der Waals surface area (Å²) in [5.41, 5.74) is 1.47. The highest BCUT2D eigenvalue weighted by atomic mass is 32.1. The zero-order valence-corrected chi connectivity index (χ0v) is 16.0. The third kappa shape index (κ3) is 2.61. The van der Waals surface area contributed by atoms with Gasteiger partial charge in [-0.15, -0.1) is 11.3 Å². The first-order valence-electron chi connectivity index (χ1n) is 9.52. The lowest BCUT2D eigenvalue weighted by molar-refractivity contribution is 0.137. The molecule has 26 heavy (non-hydrogen) atoms. The Hall–Kier alpha value is -1.98. The number of likely N-dealkylation sites (tertiary alicyclic amines) is 1. The topological polar surface area (TPSA) is 32.3 Å². The second-order valence-corrected chi connectivity index (χ2v) is 8.55. The van der Waals surface area contributed by atoms with E-state index in [-0.39, 0.29) is 0 Å². The van der Waals surface area contributed by atoms with E-state index in [0.29, 0.717) is 5.54 Å². The molecule has 3 aromatic rings. The Labute approximate surface area is 158 Å². The SMILES string of the molecule is CN1CCCC12CCN(c1nc(-c3cccs3)nc3ccccc13)CC2. The van der Waals surface area contributed by atoms with Crippen molar-refractivity contribution in [2.75, 3.05) is 31.6 Å². The number of hydrogen-bond donors (Lipinski definition) is 0. The normalized spacial score (nSPS) is 20.3. The molecule has 0 radical (unpaired) electrons. The summed E-state index contributed by atoms with van der Waals surface area (Å²) >= 11 is 1.71. The Bertz CT molecular complexity index is 913. The summed E-state index contributed by atoms with van der Waals surface area (Å²) in [6.45, 7) is 3.41. The fourth-order valence-electron chi connectivity index (χ4n) is 4.66. The van der Waals surface area contributed by atoms with E-state index in [0.717, 1.165) is 35.1 Å². The number of piperidine rings is 1. The van der Waals surface area contributed by atoms with E-state index in [1.165, 1.54) is 37.6 Å². The minimum absolute atomic E-state index is 0.427. The van der Waals surface area contributed by atoms with Gasteiger partial charge in [0.1, 0.15) is 5.82 Å². The van der Waals surface area contributed by atoms with Crippen molar-refractivity contribution in [2.24, 2.45) is 0 Å². The maximum atomic E-state index is 5.01. The van der Waals surface area contributed by atoms with Gasteiger partial charge < -0.3 is 9.80 Å². The molecule has 1 spiro atoms. The van der Waals surface area contributed by atoms with E-state index < -0.39 is 0 Å². The summed E-state index contributed by atoms with van der Waals surface area (Å²) in [7, 11) is 2.30. The maximum Gasteiger partial charge on any atom is 0.172 e. The Morgan fingerprint density at radius 2 is 1.81 bits per heavy atom. The molecule has 0 N–H and O–H groups in total. The van der Waals surface area contributed by atoms with Gasteiger partial charge in [-0.25, -0.2) is 9.97 Å². The van der Waals surface area contributed by atoms with E-state index in [4.69, 9.17) is 9.97 Å². The maximum absolute atomic E-state index is 5.01. The van der Waals surface area contributed by atoms with Crippen LogP contribution in [0.4, 0.5) is 5.82 Å². The highest BCUT2D eigenvalue weighted by Gasteiger charge is 2.41. The largest absolute Gasteiger partial charge is 0.356 e. The van der Waals surface area contributed by atoms with Crippen LogP contribution in [-0.4, -0.2) is 47.1 Å². The minimum Gasteiger partial charge on any atom is -0.356 e. The summed E-state index contributed by atoms with van der Waals surface area (Å²) in [4.78, 5) is 16.1. The van der Waals surface area contributed by atoms with Crippen molar-refractivity contribution >= 4 is 28.1 Å². The van der Waals surface area contributed by atoms with Crippen molar-refractivity contribution < 1.29 is 0 Å². The number of hydrogen-bond acceptors (Lipinski definition) is 5. The second kappa shape index (κ2) is 6.32. The molecule has 0 bridgehead atoms. The molecule has 0 unspecified atom stereocenters. The molecule has 4 heterocycles. The molecule has 0 atom stereocenters. The van der Waals surface area contributed by atoms with Gasteiger partial charge in [-0.05, 0) is 62.9 Å². The van der Waals surface area contributed by atoms with Crippen LogP contribution in [0.15, 0.2) is 41.8 Å². The molecule has 5 heteroatoms. The highest BCUT2D eigenvalue weighted by Crippen LogP contribution is 2.39. The van der Waals surface area contributed by atoms with E-state index in [1.807, 2.05) is 0 Å². The predicted molar refractivity (Wildman–Crippen MR) is 109 cm³/mol. The summed E-state index contributed by atoms with van der Waals surface area (Å²) in [5, 5.41) is 3.26. The number of nitrogens with zero attached hydrogens (tertiary/aromatic N) is 4. The molecule has 2 aliphatic heterocycles. The van der Waals surface area contributed by atoms with Crippen LogP contribution in [0.5, 0.6) is 0 Å². The Balaban J connectivity index is 1.52. The fraction of sp³-hybridized carbons (Fsp3) is 0.429. The van der Waals surface area contributed by atoms with Crippen LogP contribution in [0.1, 0.15) is 25.7 Å². The van der Waals surface area contributed by atoms with Gasteiger partial charge in [0.2, 0.25) is 0 Å². The van der Waals surface area contributed by atoms with Gasteiger partial charge in [0.05, 0.1) is 10.4 Å². The number of anilines is 1. The summed E-state index contributed by atoms with van der Waals surface area (Å²) in [6, 6.07) is 12.6. The lowest BCUT2D eigenvalue weighted by Crippen LogP contribution is -2.51. The lowest BCUT2D eigenvalue weighted by atomic mass is 9.85. The third-order valence-electron chi connectivity index (χ3n) is 6.26. The molecular weight excluding hydrogens is 340 g/mol. The number of thiophene rings is 1. The number of benzene rings is 1. The van der Waals surface area contributed by atoms with Crippen molar-refractivity contribution in [3.8, 4) is 10.7 Å². The van der Waals surface area contributed by atoms with E-state index in [2.05, 4.69) is 58.6 Å². The standard InChI is InChI=1S/C21H24N4S/c1-24-12-5-9-21(24)10-13-25(14-11-21)20-16-6-2-3-7-17(16)22-19(23-20)18-8-4-15-26-18/h2-4,6-8,15H,5,9-14H2,1H3. The Morgan fingerprint density at radius 1 is 0.962 bits per heavy atom. The first kappa shape index (κ1) is 16.2. The number of rotatable bonds is 2. The summed E-state index contributed by atoms with van der Waals surface area (Å²) in [6.07, 6.45) is 5.16. The van der Waals surface area contributed by atoms with Gasteiger partial charge in [0, 0.05) is 24.0 Å². The molecule has 4 nitrogen and oxygen atoms in total. The average molecular weight is 365 g/mol. The van der Waals surface area contributed by atoms with Crippen molar-refractivity contribution in [1.29, 1.82) is 0 Å². The van der Waals surface area contributed by atoms with Gasteiger partial charge >= 0.3 is 0 Å². The number of para-hydroxylation sites is 1.